The molecule has 1 saturated carbocycles. The predicted molar refractivity (Wildman–Crippen MR) is 106 cm³/mol. The van der Waals surface area contributed by atoms with Crippen molar-refractivity contribution in [2.75, 3.05) is 19.6 Å². The van der Waals surface area contributed by atoms with Gasteiger partial charge in [0.05, 0.1) is 30.1 Å². The van der Waals surface area contributed by atoms with Crippen LogP contribution in [-0.2, 0) is 4.79 Å². The van der Waals surface area contributed by atoms with Crippen LogP contribution in [0.25, 0.3) is 5.70 Å². The van der Waals surface area contributed by atoms with Gasteiger partial charge in [0.15, 0.2) is 0 Å². The Balaban J connectivity index is 1.83. The van der Waals surface area contributed by atoms with E-state index in [0.29, 0.717) is 29.4 Å². The van der Waals surface area contributed by atoms with Crippen LogP contribution >= 0.6 is 11.6 Å². The number of primary amides is 1. The summed E-state index contributed by atoms with van der Waals surface area (Å²) in [5.41, 5.74) is 13.0. The first-order chi connectivity index (χ1) is 12.8. The quantitative estimate of drug-likeness (QED) is 0.683. The number of amides is 3. The van der Waals surface area contributed by atoms with Gasteiger partial charge in [-0.3, -0.25) is 9.79 Å². The molecule has 8 heteroatoms. The molecule has 1 aliphatic heterocycles. The van der Waals surface area contributed by atoms with Crippen molar-refractivity contribution in [3.05, 3.63) is 40.4 Å². The average molecular weight is 390 g/mol. The fourth-order valence-corrected chi connectivity index (χ4v) is 3.54. The third-order valence-corrected chi connectivity index (χ3v) is 5.34. The Kier molecular flexibility index (Phi) is 5.41. The first-order valence-electron chi connectivity index (χ1n) is 8.95. The standard InChI is InChI=1S/C19H24ClN5O2/c1-19(6-3-7-19)24-18(27)25-9-8-23-14(11-25)15(17(22)26)16(21)12-4-2-5-13(20)10-12/h2,4-5,10H,3,6-9,11,21H2,1H3,(H2,22,26)(H,24,27). The van der Waals surface area contributed by atoms with Crippen molar-refractivity contribution < 1.29 is 9.59 Å². The third kappa shape index (κ3) is 4.24. The fraction of sp³-hybridized carbons (Fsp3) is 0.421. The third-order valence-electron chi connectivity index (χ3n) is 5.11. The van der Waals surface area contributed by atoms with E-state index in [2.05, 4.69) is 10.3 Å². The van der Waals surface area contributed by atoms with Crippen LogP contribution in [0.1, 0.15) is 31.7 Å². The number of carbonyl (C=O) groups excluding carboxylic acids is 2. The summed E-state index contributed by atoms with van der Waals surface area (Å²) in [5.74, 6) is -0.681. The van der Waals surface area contributed by atoms with Gasteiger partial charge in [-0.15, -0.1) is 0 Å². The van der Waals surface area contributed by atoms with Gasteiger partial charge < -0.3 is 21.7 Å². The zero-order valence-electron chi connectivity index (χ0n) is 15.3. The Morgan fingerprint density at radius 2 is 2.04 bits per heavy atom. The van der Waals surface area contributed by atoms with Crippen molar-refractivity contribution in [3.63, 3.8) is 0 Å². The Morgan fingerprint density at radius 3 is 2.63 bits per heavy atom. The Morgan fingerprint density at radius 1 is 1.30 bits per heavy atom. The highest BCUT2D eigenvalue weighted by molar-refractivity contribution is 6.31. The molecule has 0 unspecified atom stereocenters. The van der Waals surface area contributed by atoms with E-state index >= 15 is 0 Å². The number of nitrogens with two attached hydrogens (primary N) is 2. The molecular weight excluding hydrogens is 366 g/mol. The van der Waals surface area contributed by atoms with E-state index in [9.17, 15) is 9.59 Å². The largest absolute Gasteiger partial charge is 0.398 e. The van der Waals surface area contributed by atoms with E-state index in [4.69, 9.17) is 23.1 Å². The van der Waals surface area contributed by atoms with Crippen LogP contribution in [0.5, 0.6) is 0 Å². The first-order valence-corrected chi connectivity index (χ1v) is 9.33. The van der Waals surface area contributed by atoms with E-state index in [1.807, 2.05) is 6.92 Å². The molecule has 1 heterocycles. The van der Waals surface area contributed by atoms with Gasteiger partial charge in [-0.05, 0) is 43.9 Å². The van der Waals surface area contributed by atoms with Crippen molar-refractivity contribution in [1.29, 1.82) is 0 Å². The highest BCUT2D eigenvalue weighted by atomic mass is 35.5. The molecule has 144 valence electrons. The maximum Gasteiger partial charge on any atom is 0.318 e. The molecule has 0 atom stereocenters. The lowest BCUT2D eigenvalue weighted by Crippen LogP contribution is -2.57. The van der Waals surface area contributed by atoms with Crippen molar-refractivity contribution in [2.45, 2.75) is 31.7 Å². The zero-order chi connectivity index (χ0) is 19.6. The topological polar surface area (TPSA) is 114 Å². The molecule has 27 heavy (non-hydrogen) atoms. The summed E-state index contributed by atoms with van der Waals surface area (Å²) < 4.78 is 0. The van der Waals surface area contributed by atoms with Crippen molar-refractivity contribution in [3.8, 4) is 0 Å². The summed E-state index contributed by atoms with van der Waals surface area (Å²) in [5, 5.41) is 3.57. The fourth-order valence-electron chi connectivity index (χ4n) is 3.35. The van der Waals surface area contributed by atoms with Crippen molar-refractivity contribution in [1.82, 2.24) is 10.2 Å². The highest BCUT2D eigenvalue weighted by Crippen LogP contribution is 2.31. The van der Waals surface area contributed by atoms with Gasteiger partial charge in [-0.25, -0.2) is 4.79 Å². The second kappa shape index (κ2) is 7.60. The SMILES string of the molecule is CC1(NC(=O)N2CCN=C(C(C(N)=O)=C(N)c3cccc(Cl)c3)C2)CCC1. The molecule has 1 aliphatic carbocycles. The first kappa shape index (κ1) is 19.2. The molecule has 1 aromatic carbocycles. The molecule has 0 spiro atoms. The Bertz CT molecular complexity index is 829. The Hall–Kier alpha value is -2.54. The van der Waals surface area contributed by atoms with Gasteiger partial charge in [-0.1, -0.05) is 23.7 Å². The molecule has 3 amide bonds. The molecule has 0 bridgehead atoms. The van der Waals surface area contributed by atoms with Gasteiger partial charge in [0.25, 0.3) is 5.91 Å². The smallest absolute Gasteiger partial charge is 0.318 e. The number of aliphatic imine (C=N–C) groups is 1. The lowest BCUT2D eigenvalue weighted by Gasteiger charge is -2.41. The van der Waals surface area contributed by atoms with Crippen LogP contribution in [0, 0.1) is 0 Å². The van der Waals surface area contributed by atoms with E-state index in [0.717, 1.165) is 19.3 Å². The molecule has 7 nitrogen and oxygen atoms in total. The summed E-state index contributed by atoms with van der Waals surface area (Å²) in [7, 11) is 0. The highest BCUT2D eigenvalue weighted by Gasteiger charge is 2.35. The monoisotopic (exact) mass is 389 g/mol. The van der Waals surface area contributed by atoms with Crippen molar-refractivity contribution >= 4 is 34.9 Å². The van der Waals surface area contributed by atoms with Gasteiger partial charge in [0.2, 0.25) is 0 Å². The van der Waals surface area contributed by atoms with E-state index in [-0.39, 0.29) is 29.4 Å². The molecule has 5 N–H and O–H groups in total. The summed E-state index contributed by atoms with van der Waals surface area (Å²) in [6.07, 6.45) is 3.07. The number of benzene rings is 1. The number of rotatable bonds is 4. The Labute approximate surface area is 163 Å². The molecule has 3 rings (SSSR count). The summed E-state index contributed by atoms with van der Waals surface area (Å²) in [6.45, 7) is 3.09. The average Bonchev–Trinajstić information content (AvgIpc) is 2.60. The second-order valence-corrected chi connectivity index (χ2v) is 7.69. The molecule has 0 radical (unpaired) electrons. The molecular formula is C19H24ClN5O2. The second-order valence-electron chi connectivity index (χ2n) is 7.26. The molecule has 1 aromatic rings. The summed E-state index contributed by atoms with van der Waals surface area (Å²) in [6, 6.07) is 6.70. The number of carbonyl (C=O) groups is 2. The van der Waals surface area contributed by atoms with Crippen LogP contribution < -0.4 is 16.8 Å². The van der Waals surface area contributed by atoms with Gasteiger partial charge in [0.1, 0.15) is 0 Å². The van der Waals surface area contributed by atoms with Crippen LogP contribution in [0.3, 0.4) is 0 Å². The minimum atomic E-state index is -0.681. The maximum atomic E-state index is 12.6. The molecule has 1 fully saturated rings. The van der Waals surface area contributed by atoms with Gasteiger partial charge in [0, 0.05) is 17.1 Å². The lowest BCUT2D eigenvalue weighted by atomic mass is 9.79. The number of urea groups is 1. The van der Waals surface area contributed by atoms with Crippen molar-refractivity contribution in [2.24, 2.45) is 16.5 Å². The number of hydrogen-bond donors (Lipinski definition) is 3. The normalized spacial score (nSPS) is 19.5. The van der Waals surface area contributed by atoms with Gasteiger partial charge in [-0.2, -0.15) is 0 Å². The maximum absolute atomic E-state index is 12.6. The zero-order valence-corrected chi connectivity index (χ0v) is 16.1. The van der Waals surface area contributed by atoms with Crippen LogP contribution in [0.2, 0.25) is 5.02 Å². The predicted octanol–water partition coefficient (Wildman–Crippen LogP) is 1.90. The molecule has 0 aromatic heterocycles. The lowest BCUT2D eigenvalue weighted by molar-refractivity contribution is -0.114. The van der Waals surface area contributed by atoms with E-state index in [1.54, 1.807) is 29.2 Å². The van der Waals surface area contributed by atoms with Gasteiger partial charge >= 0.3 is 6.03 Å². The van der Waals surface area contributed by atoms with E-state index < -0.39 is 5.91 Å². The number of hydrogen-bond acceptors (Lipinski definition) is 4. The minimum Gasteiger partial charge on any atom is -0.398 e. The number of nitrogens with zero attached hydrogens (tertiary/aromatic N) is 2. The summed E-state index contributed by atoms with van der Waals surface area (Å²) in [4.78, 5) is 30.8. The minimum absolute atomic E-state index is 0.129. The van der Waals surface area contributed by atoms with E-state index in [1.165, 1.54) is 0 Å². The van der Waals surface area contributed by atoms with Crippen LogP contribution in [-0.4, -0.2) is 47.7 Å². The van der Waals surface area contributed by atoms with Crippen LogP contribution in [0.15, 0.2) is 34.8 Å². The number of nitrogens with one attached hydrogen (secondary N) is 1. The molecule has 2 aliphatic rings. The summed E-state index contributed by atoms with van der Waals surface area (Å²) >= 11 is 6.02. The molecule has 0 saturated heterocycles. The van der Waals surface area contributed by atoms with Crippen LogP contribution in [0.4, 0.5) is 4.79 Å². The number of halogens is 1.